The highest BCUT2D eigenvalue weighted by molar-refractivity contribution is 6.14. The van der Waals surface area contributed by atoms with Crippen molar-refractivity contribution in [2.45, 2.75) is 0 Å². The number of benzene rings is 8. The van der Waals surface area contributed by atoms with Crippen LogP contribution in [0.1, 0.15) is 5.56 Å². The van der Waals surface area contributed by atoms with Gasteiger partial charge >= 0.3 is 0 Å². The van der Waals surface area contributed by atoms with Crippen molar-refractivity contribution in [3.05, 3.63) is 193 Å². The Hall–Kier alpha value is -7.86. The minimum absolute atomic E-state index is 0.329. The quantitative estimate of drug-likeness (QED) is 0.169. The van der Waals surface area contributed by atoms with Gasteiger partial charge in [-0.3, -0.25) is 0 Å². The van der Waals surface area contributed by atoms with E-state index in [0.29, 0.717) is 11.3 Å². The molecule has 11 rings (SSSR count). The number of rotatable bonds is 4. The lowest BCUT2D eigenvalue weighted by molar-refractivity contribution is 1.09. The van der Waals surface area contributed by atoms with Crippen LogP contribution in [0.3, 0.4) is 0 Å². The molecule has 11 aromatic rings. The van der Waals surface area contributed by atoms with Gasteiger partial charge in [-0.15, -0.1) is 0 Å². The van der Waals surface area contributed by atoms with Crippen LogP contribution in [-0.2, 0) is 0 Å². The first kappa shape index (κ1) is 30.7. The summed E-state index contributed by atoms with van der Waals surface area (Å²) in [5.74, 6) is 0. The van der Waals surface area contributed by atoms with E-state index in [-0.39, 0.29) is 0 Å². The van der Waals surface area contributed by atoms with E-state index in [1.54, 1.807) is 0 Å². The Bertz CT molecular complexity index is 3400. The number of para-hydroxylation sites is 5. The zero-order chi connectivity index (χ0) is 36.6. The maximum Gasteiger partial charge on any atom is 0.206 e. The maximum absolute atomic E-state index is 10.3. The molecule has 0 bridgehead atoms. The molecule has 55 heavy (non-hydrogen) atoms. The Kier molecular flexibility index (Phi) is 6.61. The summed E-state index contributed by atoms with van der Waals surface area (Å²) < 4.78 is 6.85. The summed E-state index contributed by atoms with van der Waals surface area (Å²) in [4.78, 5) is 3.83. The Morgan fingerprint density at radius 1 is 0.400 bits per heavy atom. The maximum atomic E-state index is 10.3. The van der Waals surface area contributed by atoms with Crippen LogP contribution >= 0.6 is 0 Å². The van der Waals surface area contributed by atoms with Crippen LogP contribution in [0, 0.1) is 17.9 Å². The molecule has 5 heteroatoms. The fourth-order valence-corrected chi connectivity index (χ4v) is 8.71. The number of hydrogen-bond acceptors (Lipinski definition) is 1. The van der Waals surface area contributed by atoms with Crippen LogP contribution in [0.4, 0.5) is 5.69 Å². The Labute approximate surface area is 316 Å². The van der Waals surface area contributed by atoms with E-state index < -0.39 is 0 Å². The standard InChI is InChI=1S/C50H29N5/c1-52-42-30-50(54-44-20-10-5-15-36(44)37-16-6-11-21-45(37)54)49(29-34(42)31-51)55-46-22-12-8-18-39(46)41-28-33(24-26-48(41)55)32-23-25-47-40(27-32)38-17-7-9-19-43(38)53(47)35-13-3-2-4-14-35/h2-30H. The third-order valence-corrected chi connectivity index (χ3v) is 11.1. The summed E-state index contributed by atoms with van der Waals surface area (Å²) in [6.45, 7) is 8.05. The molecule has 5 nitrogen and oxygen atoms in total. The van der Waals surface area contributed by atoms with Crippen LogP contribution < -0.4 is 0 Å². The first-order valence-corrected chi connectivity index (χ1v) is 18.3. The van der Waals surface area contributed by atoms with E-state index in [0.717, 1.165) is 71.8 Å². The molecule has 8 aromatic carbocycles. The number of fused-ring (bicyclic) bond motifs is 9. The molecule has 0 N–H and O–H groups in total. The van der Waals surface area contributed by atoms with Gasteiger partial charge in [-0.2, -0.15) is 5.26 Å². The largest absolute Gasteiger partial charge is 0.309 e. The molecular formula is C50H29N5. The number of hydrogen-bond donors (Lipinski definition) is 0. The van der Waals surface area contributed by atoms with Crippen LogP contribution in [-0.4, -0.2) is 13.7 Å². The van der Waals surface area contributed by atoms with Gasteiger partial charge in [-0.25, -0.2) is 4.85 Å². The second kappa shape index (κ2) is 11.8. The number of nitrogens with zero attached hydrogens (tertiary/aromatic N) is 5. The second-order valence-corrected chi connectivity index (χ2v) is 14.0. The Balaban J connectivity index is 1.17. The molecule has 0 saturated carbocycles. The van der Waals surface area contributed by atoms with Gasteiger partial charge < -0.3 is 13.7 Å². The summed E-state index contributed by atoms with van der Waals surface area (Å²) in [5.41, 5.74) is 12.2. The predicted octanol–water partition coefficient (Wildman–Crippen LogP) is 13.1. The van der Waals surface area contributed by atoms with E-state index in [1.165, 1.54) is 21.8 Å². The molecule has 0 saturated heterocycles. The van der Waals surface area contributed by atoms with Crippen LogP contribution in [0.15, 0.2) is 176 Å². The monoisotopic (exact) mass is 699 g/mol. The lowest BCUT2D eigenvalue weighted by atomic mass is 10.0. The molecule has 0 atom stereocenters. The summed E-state index contributed by atoms with van der Waals surface area (Å²) >= 11 is 0. The third-order valence-electron chi connectivity index (χ3n) is 11.1. The molecule has 0 unspecified atom stereocenters. The van der Waals surface area contributed by atoms with Crippen molar-refractivity contribution in [1.82, 2.24) is 13.7 Å². The molecule has 3 heterocycles. The van der Waals surface area contributed by atoms with Crippen molar-refractivity contribution in [1.29, 1.82) is 5.26 Å². The van der Waals surface area contributed by atoms with Gasteiger partial charge in [0.1, 0.15) is 0 Å². The molecule has 0 radical (unpaired) electrons. The lowest BCUT2D eigenvalue weighted by Crippen LogP contribution is -2.04. The van der Waals surface area contributed by atoms with E-state index in [2.05, 4.69) is 188 Å². The summed E-state index contributed by atoms with van der Waals surface area (Å²) in [6.07, 6.45) is 0. The van der Waals surface area contributed by atoms with Crippen molar-refractivity contribution in [2.75, 3.05) is 0 Å². The fourth-order valence-electron chi connectivity index (χ4n) is 8.71. The van der Waals surface area contributed by atoms with Crippen molar-refractivity contribution in [3.8, 4) is 34.3 Å². The van der Waals surface area contributed by atoms with Gasteiger partial charge in [0.2, 0.25) is 5.69 Å². The normalized spacial score (nSPS) is 11.6. The van der Waals surface area contributed by atoms with Gasteiger partial charge in [-0.1, -0.05) is 103 Å². The van der Waals surface area contributed by atoms with E-state index in [1.807, 2.05) is 12.1 Å². The lowest BCUT2D eigenvalue weighted by Gasteiger charge is -2.18. The van der Waals surface area contributed by atoms with Crippen molar-refractivity contribution < 1.29 is 0 Å². The SMILES string of the molecule is [C-]#[N+]c1cc(-n2c3ccccc3c3ccccc32)c(-n2c3ccccc3c3cc(-c4ccc5c(c4)c4ccccc4n5-c4ccccc4)ccc32)cc1C#N. The highest BCUT2D eigenvalue weighted by Crippen LogP contribution is 2.42. The van der Waals surface area contributed by atoms with E-state index in [4.69, 9.17) is 6.57 Å². The summed E-state index contributed by atoms with van der Waals surface area (Å²) in [5, 5.41) is 17.2. The minimum atomic E-state index is 0.329. The highest BCUT2D eigenvalue weighted by Gasteiger charge is 2.22. The topological polar surface area (TPSA) is 42.9 Å². The third kappa shape index (κ3) is 4.45. The number of aromatic nitrogens is 3. The van der Waals surface area contributed by atoms with Gasteiger partial charge in [0.05, 0.1) is 62.7 Å². The van der Waals surface area contributed by atoms with Crippen molar-refractivity contribution >= 4 is 71.1 Å². The average molecular weight is 700 g/mol. The van der Waals surface area contributed by atoms with Crippen molar-refractivity contribution in [3.63, 3.8) is 0 Å². The van der Waals surface area contributed by atoms with Gasteiger partial charge in [0.25, 0.3) is 0 Å². The minimum Gasteiger partial charge on any atom is -0.309 e. The summed E-state index contributed by atoms with van der Waals surface area (Å²) in [6, 6.07) is 64.0. The summed E-state index contributed by atoms with van der Waals surface area (Å²) in [7, 11) is 0. The molecule has 0 aliphatic carbocycles. The molecule has 0 aliphatic rings. The van der Waals surface area contributed by atoms with Crippen LogP contribution in [0.25, 0.3) is 98.5 Å². The Morgan fingerprint density at radius 3 is 1.29 bits per heavy atom. The predicted molar refractivity (Wildman–Crippen MR) is 226 cm³/mol. The first-order chi connectivity index (χ1) is 27.2. The van der Waals surface area contributed by atoms with Crippen LogP contribution in [0.2, 0.25) is 0 Å². The first-order valence-electron chi connectivity index (χ1n) is 18.3. The molecule has 254 valence electrons. The zero-order valence-corrected chi connectivity index (χ0v) is 29.5. The fraction of sp³-hybridized carbons (Fsp3) is 0. The highest BCUT2D eigenvalue weighted by atomic mass is 15.1. The van der Waals surface area contributed by atoms with Gasteiger partial charge in [0.15, 0.2) is 0 Å². The molecule has 0 amide bonds. The van der Waals surface area contributed by atoms with Crippen LogP contribution in [0.5, 0.6) is 0 Å². The zero-order valence-electron chi connectivity index (χ0n) is 29.5. The van der Waals surface area contributed by atoms with Gasteiger partial charge in [-0.05, 0) is 83.9 Å². The Morgan fingerprint density at radius 2 is 0.800 bits per heavy atom. The average Bonchev–Trinajstić information content (AvgIpc) is 3.89. The molecule has 0 spiro atoms. The van der Waals surface area contributed by atoms with Crippen molar-refractivity contribution in [2.24, 2.45) is 0 Å². The van der Waals surface area contributed by atoms with E-state index in [9.17, 15) is 5.26 Å². The smallest absolute Gasteiger partial charge is 0.206 e. The molecule has 0 fully saturated rings. The van der Waals surface area contributed by atoms with Gasteiger partial charge in [0, 0.05) is 38.0 Å². The molecule has 0 aliphatic heterocycles. The number of nitriles is 1. The second-order valence-electron chi connectivity index (χ2n) is 14.0. The molecule has 3 aromatic heterocycles. The molecular weight excluding hydrogens is 671 g/mol. The van der Waals surface area contributed by atoms with E-state index >= 15 is 0 Å².